The summed E-state index contributed by atoms with van der Waals surface area (Å²) in [6, 6.07) is 10.5. The summed E-state index contributed by atoms with van der Waals surface area (Å²) in [5.74, 6) is -0.641. The molecular formula is C19H18BrN5O2. The van der Waals surface area contributed by atoms with E-state index in [0.29, 0.717) is 11.3 Å². The number of nitrogens with zero attached hydrogens (tertiary/aromatic N) is 3. The molecular weight excluding hydrogens is 410 g/mol. The number of amides is 2. The first-order valence-corrected chi connectivity index (χ1v) is 9.05. The number of hydrogen-bond acceptors (Lipinski definition) is 4. The number of rotatable bonds is 5. The number of anilines is 1. The summed E-state index contributed by atoms with van der Waals surface area (Å²) in [6.45, 7) is 3.76. The molecule has 0 atom stereocenters. The standard InChI is InChI=1S/C19H18BrN5O2/c1-12-18(20)13(2)25(24-12)16-7-5-14(6-8-16)19(27)22-11-17(26)23-15-4-3-9-21-10-15/h3-10H,11H2,1-2H3,(H,22,27)(H,23,26). The van der Waals surface area contributed by atoms with Crippen LogP contribution in [0.25, 0.3) is 5.69 Å². The fourth-order valence-electron chi connectivity index (χ4n) is 2.53. The molecule has 2 aromatic heterocycles. The number of halogens is 1. The third-order valence-electron chi connectivity index (χ3n) is 3.93. The molecule has 0 bridgehead atoms. The van der Waals surface area contributed by atoms with Gasteiger partial charge in [0.15, 0.2) is 0 Å². The van der Waals surface area contributed by atoms with Gasteiger partial charge in [0, 0.05) is 11.8 Å². The number of nitrogens with one attached hydrogen (secondary N) is 2. The largest absolute Gasteiger partial charge is 0.343 e. The number of carbonyl (C=O) groups is 2. The Kier molecular flexibility index (Phi) is 5.66. The van der Waals surface area contributed by atoms with Crippen LogP contribution in [0.15, 0.2) is 53.3 Å². The monoisotopic (exact) mass is 427 g/mol. The molecule has 3 rings (SSSR count). The number of pyridine rings is 1. The van der Waals surface area contributed by atoms with E-state index >= 15 is 0 Å². The van der Waals surface area contributed by atoms with E-state index in [1.807, 2.05) is 30.7 Å². The quantitative estimate of drug-likeness (QED) is 0.654. The maximum atomic E-state index is 12.2. The molecule has 0 saturated carbocycles. The van der Waals surface area contributed by atoms with Gasteiger partial charge in [-0.05, 0) is 66.2 Å². The van der Waals surface area contributed by atoms with Gasteiger partial charge in [-0.2, -0.15) is 5.10 Å². The molecule has 3 aromatic rings. The molecule has 8 heteroatoms. The Labute approximate surface area is 164 Å². The van der Waals surface area contributed by atoms with Gasteiger partial charge in [0.1, 0.15) is 0 Å². The predicted octanol–water partition coefficient (Wildman–Crippen LogP) is 3.02. The second kappa shape index (κ2) is 8.13. The van der Waals surface area contributed by atoms with Crippen molar-refractivity contribution in [3.8, 4) is 5.69 Å². The average molecular weight is 428 g/mol. The third kappa shape index (κ3) is 4.40. The van der Waals surface area contributed by atoms with Crippen molar-refractivity contribution in [1.29, 1.82) is 0 Å². The van der Waals surface area contributed by atoms with Crippen LogP contribution in [0.1, 0.15) is 21.7 Å². The lowest BCUT2D eigenvalue weighted by Gasteiger charge is -2.08. The lowest BCUT2D eigenvalue weighted by Crippen LogP contribution is -2.32. The molecule has 0 saturated heterocycles. The van der Waals surface area contributed by atoms with E-state index in [2.05, 4.69) is 36.6 Å². The molecule has 2 heterocycles. The fourth-order valence-corrected chi connectivity index (χ4v) is 2.78. The van der Waals surface area contributed by atoms with Gasteiger partial charge in [-0.3, -0.25) is 14.6 Å². The first-order valence-electron chi connectivity index (χ1n) is 8.26. The van der Waals surface area contributed by atoms with Crippen LogP contribution in [-0.4, -0.2) is 33.1 Å². The Morgan fingerprint density at radius 2 is 1.89 bits per heavy atom. The molecule has 2 amide bonds. The van der Waals surface area contributed by atoms with Crippen molar-refractivity contribution in [2.75, 3.05) is 11.9 Å². The summed E-state index contributed by atoms with van der Waals surface area (Å²) in [4.78, 5) is 28.0. The number of carbonyl (C=O) groups excluding carboxylic acids is 2. The Bertz CT molecular complexity index is 968. The van der Waals surface area contributed by atoms with Gasteiger partial charge in [0.25, 0.3) is 5.91 Å². The molecule has 27 heavy (non-hydrogen) atoms. The van der Waals surface area contributed by atoms with Gasteiger partial charge in [0.2, 0.25) is 5.91 Å². The first kappa shape index (κ1) is 18.8. The summed E-state index contributed by atoms with van der Waals surface area (Å²) < 4.78 is 2.77. The molecule has 138 valence electrons. The first-order chi connectivity index (χ1) is 13.0. The van der Waals surface area contributed by atoms with Gasteiger partial charge in [-0.15, -0.1) is 0 Å². The minimum Gasteiger partial charge on any atom is -0.343 e. The molecule has 0 aliphatic rings. The van der Waals surface area contributed by atoms with Crippen LogP contribution in [-0.2, 0) is 4.79 Å². The van der Waals surface area contributed by atoms with Crippen LogP contribution < -0.4 is 10.6 Å². The number of aryl methyl sites for hydroxylation is 1. The summed E-state index contributed by atoms with van der Waals surface area (Å²) in [6.07, 6.45) is 3.15. The summed E-state index contributed by atoms with van der Waals surface area (Å²) in [5.41, 5.74) is 3.78. The number of benzene rings is 1. The predicted molar refractivity (Wildman–Crippen MR) is 106 cm³/mol. The topological polar surface area (TPSA) is 88.9 Å². The minimum absolute atomic E-state index is 0.125. The number of aromatic nitrogens is 3. The normalized spacial score (nSPS) is 10.5. The van der Waals surface area contributed by atoms with Crippen LogP contribution in [0.4, 0.5) is 5.69 Å². The highest BCUT2D eigenvalue weighted by Crippen LogP contribution is 2.23. The molecule has 0 radical (unpaired) electrons. The van der Waals surface area contributed by atoms with E-state index in [0.717, 1.165) is 21.5 Å². The van der Waals surface area contributed by atoms with Crippen LogP contribution in [0.2, 0.25) is 0 Å². The van der Waals surface area contributed by atoms with E-state index < -0.39 is 0 Å². The average Bonchev–Trinajstić information content (AvgIpc) is 2.94. The minimum atomic E-state index is -0.322. The van der Waals surface area contributed by atoms with Gasteiger partial charge in [-0.25, -0.2) is 4.68 Å². The molecule has 0 aliphatic heterocycles. The van der Waals surface area contributed by atoms with E-state index in [1.54, 1.807) is 30.5 Å². The van der Waals surface area contributed by atoms with E-state index in [4.69, 9.17) is 0 Å². The Morgan fingerprint density at radius 3 is 2.48 bits per heavy atom. The molecule has 0 aliphatic carbocycles. The van der Waals surface area contributed by atoms with Crippen molar-refractivity contribution in [2.45, 2.75) is 13.8 Å². The molecule has 0 spiro atoms. The Morgan fingerprint density at radius 1 is 1.15 bits per heavy atom. The van der Waals surface area contributed by atoms with Crippen molar-refractivity contribution in [3.63, 3.8) is 0 Å². The van der Waals surface area contributed by atoms with Crippen molar-refractivity contribution >= 4 is 33.4 Å². The van der Waals surface area contributed by atoms with Crippen LogP contribution in [0.3, 0.4) is 0 Å². The maximum absolute atomic E-state index is 12.2. The van der Waals surface area contributed by atoms with Crippen LogP contribution >= 0.6 is 15.9 Å². The molecule has 0 fully saturated rings. The van der Waals surface area contributed by atoms with Crippen molar-refractivity contribution in [3.05, 3.63) is 70.2 Å². The van der Waals surface area contributed by atoms with E-state index in [9.17, 15) is 9.59 Å². The number of hydrogen-bond donors (Lipinski definition) is 2. The Balaban J connectivity index is 1.60. The van der Waals surface area contributed by atoms with E-state index in [1.165, 1.54) is 6.20 Å². The van der Waals surface area contributed by atoms with Gasteiger partial charge < -0.3 is 10.6 Å². The second-order valence-corrected chi connectivity index (χ2v) is 6.71. The Hall–Kier alpha value is -3.00. The zero-order valence-corrected chi connectivity index (χ0v) is 16.4. The van der Waals surface area contributed by atoms with Gasteiger partial charge in [-0.1, -0.05) is 0 Å². The molecule has 2 N–H and O–H groups in total. The molecule has 1 aromatic carbocycles. The fraction of sp³-hybridized carbons (Fsp3) is 0.158. The van der Waals surface area contributed by atoms with Crippen molar-refractivity contribution in [2.24, 2.45) is 0 Å². The SMILES string of the molecule is Cc1nn(-c2ccc(C(=O)NCC(=O)Nc3cccnc3)cc2)c(C)c1Br. The highest BCUT2D eigenvalue weighted by molar-refractivity contribution is 9.10. The van der Waals surface area contributed by atoms with Crippen molar-refractivity contribution in [1.82, 2.24) is 20.1 Å². The lowest BCUT2D eigenvalue weighted by atomic mass is 10.2. The summed E-state index contributed by atoms with van der Waals surface area (Å²) in [5, 5.41) is 9.73. The lowest BCUT2D eigenvalue weighted by molar-refractivity contribution is -0.115. The van der Waals surface area contributed by atoms with Gasteiger partial charge in [0.05, 0.1) is 40.0 Å². The summed E-state index contributed by atoms with van der Waals surface area (Å²) >= 11 is 3.50. The maximum Gasteiger partial charge on any atom is 0.251 e. The molecule has 7 nitrogen and oxygen atoms in total. The van der Waals surface area contributed by atoms with E-state index in [-0.39, 0.29) is 18.4 Å². The van der Waals surface area contributed by atoms with Gasteiger partial charge >= 0.3 is 0 Å². The second-order valence-electron chi connectivity index (χ2n) is 5.92. The highest BCUT2D eigenvalue weighted by Gasteiger charge is 2.12. The summed E-state index contributed by atoms with van der Waals surface area (Å²) in [7, 11) is 0. The highest BCUT2D eigenvalue weighted by atomic mass is 79.9. The smallest absolute Gasteiger partial charge is 0.251 e. The van der Waals surface area contributed by atoms with Crippen LogP contribution in [0, 0.1) is 13.8 Å². The zero-order chi connectivity index (χ0) is 19.4. The van der Waals surface area contributed by atoms with Crippen LogP contribution in [0.5, 0.6) is 0 Å². The third-order valence-corrected chi connectivity index (χ3v) is 5.08. The zero-order valence-electron chi connectivity index (χ0n) is 14.9. The van der Waals surface area contributed by atoms with Crippen molar-refractivity contribution < 1.29 is 9.59 Å². The molecule has 0 unspecified atom stereocenters.